The maximum absolute atomic E-state index is 9.97. The van der Waals surface area contributed by atoms with Crippen molar-refractivity contribution in [1.82, 2.24) is 5.32 Å². The molecule has 2 N–H and O–H groups in total. The number of ether oxygens (including phenoxy) is 1. The Morgan fingerprint density at radius 1 is 1.42 bits per heavy atom. The van der Waals surface area contributed by atoms with E-state index in [2.05, 4.69) is 22.1 Å². The SMILES string of the molecule is COc1cc(Cl)cc(CNCCc2ccsc2)c1O. The molecule has 19 heavy (non-hydrogen) atoms. The number of halogens is 1. The second kappa shape index (κ2) is 6.80. The zero-order chi connectivity index (χ0) is 13.7. The summed E-state index contributed by atoms with van der Waals surface area (Å²) in [5.41, 5.74) is 2.07. The number of hydrogen-bond acceptors (Lipinski definition) is 4. The Hall–Kier alpha value is -1.23. The summed E-state index contributed by atoms with van der Waals surface area (Å²) in [5.74, 6) is 0.553. The lowest BCUT2D eigenvalue weighted by molar-refractivity contribution is 0.369. The predicted molar refractivity (Wildman–Crippen MR) is 79.4 cm³/mol. The molecule has 102 valence electrons. The Balaban J connectivity index is 1.90. The molecule has 0 unspecified atom stereocenters. The van der Waals surface area contributed by atoms with E-state index >= 15 is 0 Å². The summed E-state index contributed by atoms with van der Waals surface area (Å²) in [6.45, 7) is 1.41. The van der Waals surface area contributed by atoms with Gasteiger partial charge in [0.1, 0.15) is 0 Å². The van der Waals surface area contributed by atoms with Crippen LogP contribution in [0.5, 0.6) is 11.5 Å². The molecule has 2 rings (SSSR count). The van der Waals surface area contributed by atoms with Gasteiger partial charge in [-0.2, -0.15) is 11.3 Å². The molecule has 0 atom stereocenters. The van der Waals surface area contributed by atoms with Crippen molar-refractivity contribution in [1.29, 1.82) is 0 Å². The van der Waals surface area contributed by atoms with Crippen molar-refractivity contribution in [2.24, 2.45) is 0 Å². The fourth-order valence-corrected chi connectivity index (χ4v) is 2.74. The number of hydrogen-bond donors (Lipinski definition) is 2. The fraction of sp³-hybridized carbons (Fsp3) is 0.286. The van der Waals surface area contributed by atoms with Crippen LogP contribution in [0, 0.1) is 0 Å². The Kier molecular flexibility index (Phi) is 5.07. The molecule has 0 radical (unpaired) electrons. The molecule has 0 bridgehead atoms. The Labute approximate surface area is 121 Å². The molecule has 0 amide bonds. The Bertz CT molecular complexity index is 528. The number of phenolic OH excluding ortho intramolecular Hbond substituents is 1. The van der Waals surface area contributed by atoms with Gasteiger partial charge < -0.3 is 15.2 Å². The van der Waals surface area contributed by atoms with Crippen molar-refractivity contribution in [2.75, 3.05) is 13.7 Å². The van der Waals surface area contributed by atoms with E-state index in [0.717, 1.165) is 18.5 Å². The molecule has 0 aliphatic carbocycles. The lowest BCUT2D eigenvalue weighted by Gasteiger charge is -2.10. The van der Waals surface area contributed by atoms with Gasteiger partial charge in [0, 0.05) is 23.2 Å². The molecular weight excluding hydrogens is 282 g/mol. The Morgan fingerprint density at radius 2 is 2.26 bits per heavy atom. The minimum atomic E-state index is 0.148. The molecule has 0 spiro atoms. The first-order chi connectivity index (χ1) is 9.20. The van der Waals surface area contributed by atoms with Gasteiger partial charge in [0.05, 0.1) is 7.11 Å². The lowest BCUT2D eigenvalue weighted by Crippen LogP contribution is -2.16. The van der Waals surface area contributed by atoms with Crippen LogP contribution in [0.15, 0.2) is 29.0 Å². The number of aromatic hydroxyl groups is 1. The molecule has 0 fully saturated rings. The molecular formula is C14H16ClNO2S. The molecule has 1 heterocycles. The molecule has 0 saturated carbocycles. The minimum absolute atomic E-state index is 0.148. The van der Waals surface area contributed by atoms with E-state index in [1.165, 1.54) is 12.7 Å². The highest BCUT2D eigenvalue weighted by molar-refractivity contribution is 7.07. The number of methoxy groups -OCH3 is 1. The maximum atomic E-state index is 9.97. The first-order valence-electron chi connectivity index (χ1n) is 5.98. The largest absolute Gasteiger partial charge is 0.504 e. The minimum Gasteiger partial charge on any atom is -0.504 e. The highest BCUT2D eigenvalue weighted by Crippen LogP contribution is 2.33. The van der Waals surface area contributed by atoms with Gasteiger partial charge in [0.15, 0.2) is 11.5 Å². The van der Waals surface area contributed by atoms with Crippen LogP contribution in [0.3, 0.4) is 0 Å². The van der Waals surface area contributed by atoms with E-state index < -0.39 is 0 Å². The van der Waals surface area contributed by atoms with Gasteiger partial charge in [-0.25, -0.2) is 0 Å². The van der Waals surface area contributed by atoms with Crippen molar-refractivity contribution >= 4 is 22.9 Å². The van der Waals surface area contributed by atoms with Crippen molar-refractivity contribution in [3.63, 3.8) is 0 Å². The standard InChI is InChI=1S/C14H16ClNO2S/c1-18-13-7-12(15)6-11(14(13)17)8-16-4-2-10-3-5-19-9-10/h3,5-7,9,16-17H,2,4,8H2,1H3. The van der Waals surface area contributed by atoms with E-state index in [-0.39, 0.29) is 5.75 Å². The summed E-state index contributed by atoms with van der Waals surface area (Å²) in [6.07, 6.45) is 0.974. The first kappa shape index (κ1) is 14.2. The molecule has 3 nitrogen and oxygen atoms in total. The van der Waals surface area contributed by atoms with Crippen LogP contribution in [0.1, 0.15) is 11.1 Å². The summed E-state index contributed by atoms with van der Waals surface area (Å²) in [7, 11) is 1.51. The smallest absolute Gasteiger partial charge is 0.162 e. The van der Waals surface area contributed by atoms with Gasteiger partial charge in [0.2, 0.25) is 0 Å². The average molecular weight is 298 g/mol. The quantitative estimate of drug-likeness (QED) is 0.803. The summed E-state index contributed by atoms with van der Waals surface area (Å²) >= 11 is 7.68. The second-order valence-electron chi connectivity index (χ2n) is 4.17. The molecule has 0 aliphatic heterocycles. The number of phenols is 1. The fourth-order valence-electron chi connectivity index (χ4n) is 1.81. The van der Waals surface area contributed by atoms with E-state index in [9.17, 15) is 5.11 Å². The number of benzene rings is 1. The molecule has 1 aromatic carbocycles. The van der Waals surface area contributed by atoms with Crippen molar-refractivity contribution in [3.05, 3.63) is 45.1 Å². The molecule has 1 aromatic heterocycles. The monoisotopic (exact) mass is 297 g/mol. The topological polar surface area (TPSA) is 41.5 Å². The summed E-state index contributed by atoms with van der Waals surface area (Å²) in [4.78, 5) is 0. The molecule has 5 heteroatoms. The van der Waals surface area contributed by atoms with E-state index in [1.807, 2.05) is 0 Å². The lowest BCUT2D eigenvalue weighted by atomic mass is 10.1. The number of nitrogens with one attached hydrogen (secondary N) is 1. The summed E-state index contributed by atoms with van der Waals surface area (Å²) in [5, 5.41) is 18.0. The summed E-state index contributed by atoms with van der Waals surface area (Å²) in [6, 6.07) is 5.47. The van der Waals surface area contributed by atoms with Crippen molar-refractivity contribution in [2.45, 2.75) is 13.0 Å². The highest BCUT2D eigenvalue weighted by Gasteiger charge is 2.09. The highest BCUT2D eigenvalue weighted by atomic mass is 35.5. The van der Waals surface area contributed by atoms with E-state index in [4.69, 9.17) is 16.3 Å². The third-order valence-corrected chi connectivity index (χ3v) is 3.77. The van der Waals surface area contributed by atoms with Gasteiger partial charge in [-0.15, -0.1) is 0 Å². The van der Waals surface area contributed by atoms with Gasteiger partial charge in [-0.05, 0) is 41.4 Å². The van der Waals surface area contributed by atoms with Crippen LogP contribution >= 0.6 is 22.9 Å². The normalized spacial score (nSPS) is 10.6. The molecule has 0 saturated heterocycles. The Morgan fingerprint density at radius 3 is 2.95 bits per heavy atom. The van der Waals surface area contributed by atoms with Crippen LogP contribution in [0.25, 0.3) is 0 Å². The summed E-state index contributed by atoms with van der Waals surface area (Å²) < 4.78 is 5.07. The third-order valence-electron chi connectivity index (χ3n) is 2.82. The zero-order valence-electron chi connectivity index (χ0n) is 10.6. The second-order valence-corrected chi connectivity index (χ2v) is 5.39. The van der Waals surface area contributed by atoms with Crippen molar-refractivity contribution in [3.8, 4) is 11.5 Å². The van der Waals surface area contributed by atoms with Crippen molar-refractivity contribution < 1.29 is 9.84 Å². The molecule has 0 aliphatic rings. The number of thiophene rings is 1. The van der Waals surface area contributed by atoms with Gasteiger partial charge in [0.25, 0.3) is 0 Å². The van der Waals surface area contributed by atoms with Crippen LogP contribution in [0.2, 0.25) is 5.02 Å². The van der Waals surface area contributed by atoms with Gasteiger partial charge >= 0.3 is 0 Å². The molecule has 2 aromatic rings. The average Bonchev–Trinajstić information content (AvgIpc) is 2.91. The van der Waals surface area contributed by atoms with Crippen LogP contribution in [-0.2, 0) is 13.0 Å². The van der Waals surface area contributed by atoms with Crippen LogP contribution in [0.4, 0.5) is 0 Å². The van der Waals surface area contributed by atoms with Gasteiger partial charge in [-0.3, -0.25) is 0 Å². The van der Waals surface area contributed by atoms with Crippen LogP contribution < -0.4 is 10.1 Å². The zero-order valence-corrected chi connectivity index (χ0v) is 12.2. The van der Waals surface area contributed by atoms with Gasteiger partial charge in [-0.1, -0.05) is 11.6 Å². The van der Waals surface area contributed by atoms with Crippen LogP contribution in [-0.4, -0.2) is 18.8 Å². The third kappa shape index (κ3) is 3.86. The van der Waals surface area contributed by atoms with E-state index in [0.29, 0.717) is 17.3 Å². The maximum Gasteiger partial charge on any atom is 0.162 e. The first-order valence-corrected chi connectivity index (χ1v) is 7.30. The van der Waals surface area contributed by atoms with E-state index in [1.54, 1.807) is 23.5 Å². The number of rotatable bonds is 6. The predicted octanol–water partition coefficient (Wildman–Crippen LogP) is 3.45.